The minimum Gasteiger partial charge on any atom is -0.370 e. The summed E-state index contributed by atoms with van der Waals surface area (Å²) >= 11 is 5.98. The quantitative estimate of drug-likeness (QED) is 0.920. The number of nitriles is 1. The summed E-state index contributed by atoms with van der Waals surface area (Å²) in [6.45, 7) is 1.41. The summed E-state index contributed by atoms with van der Waals surface area (Å²) in [5, 5.41) is 14.8. The van der Waals surface area contributed by atoms with Crippen molar-refractivity contribution in [1.29, 1.82) is 5.26 Å². The average molecular weight is 314 g/mol. The molecule has 0 spiro atoms. The molecule has 0 radical (unpaired) electrons. The first-order valence-electron chi connectivity index (χ1n) is 6.34. The van der Waals surface area contributed by atoms with Gasteiger partial charge in [0, 0.05) is 18.1 Å². The Morgan fingerprint density at radius 2 is 2.05 bits per heavy atom. The number of nitrogens with two attached hydrogens (primary N) is 1. The van der Waals surface area contributed by atoms with E-state index >= 15 is 0 Å². The third kappa shape index (κ3) is 3.85. The number of nitrogens with zero attached hydrogens (tertiary/aromatic N) is 2. The van der Waals surface area contributed by atoms with Gasteiger partial charge in [0.25, 0.3) is 0 Å². The lowest BCUT2D eigenvalue weighted by molar-refractivity contribution is 0.436. The Morgan fingerprint density at radius 3 is 2.60 bits per heavy atom. The summed E-state index contributed by atoms with van der Waals surface area (Å²) < 4.78 is 22.2. The molecule has 1 aromatic rings. The molecule has 0 atom stereocenters. The van der Waals surface area contributed by atoms with Crippen molar-refractivity contribution in [1.82, 2.24) is 0 Å². The van der Waals surface area contributed by atoms with Gasteiger partial charge < -0.3 is 4.90 Å². The second-order valence-corrected chi connectivity index (χ2v) is 7.13. The van der Waals surface area contributed by atoms with Crippen LogP contribution >= 0.6 is 11.6 Å². The molecule has 1 fully saturated rings. The van der Waals surface area contributed by atoms with Gasteiger partial charge in [0.2, 0.25) is 10.0 Å². The van der Waals surface area contributed by atoms with E-state index in [1.807, 2.05) is 0 Å². The van der Waals surface area contributed by atoms with Crippen molar-refractivity contribution >= 4 is 27.3 Å². The molecule has 0 saturated carbocycles. The third-order valence-electron chi connectivity index (χ3n) is 3.50. The van der Waals surface area contributed by atoms with E-state index in [1.54, 1.807) is 18.2 Å². The van der Waals surface area contributed by atoms with Crippen molar-refractivity contribution in [3.8, 4) is 6.07 Å². The number of benzene rings is 1. The molecule has 1 aliphatic rings. The van der Waals surface area contributed by atoms with Crippen molar-refractivity contribution in [3.63, 3.8) is 0 Å². The van der Waals surface area contributed by atoms with Crippen LogP contribution < -0.4 is 10.0 Å². The van der Waals surface area contributed by atoms with Crippen LogP contribution in [0.5, 0.6) is 0 Å². The Bertz CT molecular complexity index is 632. The fraction of sp³-hybridized carbons (Fsp3) is 0.462. The van der Waals surface area contributed by atoms with Crippen LogP contribution in [0.2, 0.25) is 5.02 Å². The SMILES string of the molecule is N#Cc1ccc(Cl)cc1N1CCC(CS(N)(=O)=O)CC1. The largest absolute Gasteiger partial charge is 0.370 e. The number of hydrogen-bond donors (Lipinski definition) is 1. The van der Waals surface area contributed by atoms with E-state index in [1.165, 1.54) is 0 Å². The van der Waals surface area contributed by atoms with Crippen molar-refractivity contribution in [3.05, 3.63) is 28.8 Å². The predicted octanol–water partition coefficient (Wildman–Crippen LogP) is 1.72. The normalized spacial score (nSPS) is 16.9. The lowest BCUT2D eigenvalue weighted by Crippen LogP contribution is -2.37. The van der Waals surface area contributed by atoms with Gasteiger partial charge in [-0.3, -0.25) is 0 Å². The molecule has 0 amide bonds. The van der Waals surface area contributed by atoms with Crippen molar-refractivity contribution in [2.24, 2.45) is 11.1 Å². The highest BCUT2D eigenvalue weighted by Gasteiger charge is 2.24. The maximum absolute atomic E-state index is 11.1. The van der Waals surface area contributed by atoms with E-state index in [4.69, 9.17) is 22.0 Å². The van der Waals surface area contributed by atoms with Gasteiger partial charge in [0.1, 0.15) is 6.07 Å². The number of primary sulfonamides is 1. The molecule has 1 aliphatic heterocycles. The van der Waals surface area contributed by atoms with Crippen LogP contribution in [0.25, 0.3) is 0 Å². The summed E-state index contributed by atoms with van der Waals surface area (Å²) in [5.41, 5.74) is 1.40. The highest BCUT2D eigenvalue weighted by atomic mass is 35.5. The lowest BCUT2D eigenvalue weighted by Gasteiger charge is -2.33. The molecule has 0 unspecified atom stereocenters. The van der Waals surface area contributed by atoms with Crippen LogP contribution in [0.1, 0.15) is 18.4 Å². The average Bonchev–Trinajstić information content (AvgIpc) is 2.38. The van der Waals surface area contributed by atoms with Gasteiger partial charge >= 0.3 is 0 Å². The summed E-state index contributed by atoms with van der Waals surface area (Å²) in [5.74, 6) is 0.118. The first kappa shape index (κ1) is 15.1. The highest BCUT2D eigenvalue weighted by molar-refractivity contribution is 7.89. The van der Waals surface area contributed by atoms with E-state index in [2.05, 4.69) is 11.0 Å². The predicted molar refractivity (Wildman–Crippen MR) is 79.1 cm³/mol. The molecule has 0 bridgehead atoms. The number of rotatable bonds is 3. The molecule has 7 heteroatoms. The fourth-order valence-corrected chi connectivity index (χ4v) is 3.69. The van der Waals surface area contributed by atoms with E-state index in [-0.39, 0.29) is 11.7 Å². The molecule has 1 saturated heterocycles. The molecule has 5 nitrogen and oxygen atoms in total. The van der Waals surface area contributed by atoms with Crippen LogP contribution in [0, 0.1) is 17.2 Å². The standard InChI is InChI=1S/C13H16ClN3O2S/c14-12-2-1-11(8-15)13(7-12)17-5-3-10(4-6-17)9-20(16,18)19/h1-2,7,10H,3-6,9H2,(H2,16,18,19). The first-order valence-corrected chi connectivity index (χ1v) is 8.43. The minimum atomic E-state index is -3.42. The Kier molecular flexibility index (Phi) is 4.53. The molecule has 2 N–H and O–H groups in total. The van der Waals surface area contributed by atoms with Crippen LogP contribution in [-0.4, -0.2) is 27.3 Å². The molecule has 0 aromatic heterocycles. The Balaban J connectivity index is 2.08. The van der Waals surface area contributed by atoms with Crippen molar-refractivity contribution in [2.75, 3.05) is 23.7 Å². The minimum absolute atomic E-state index is 0.0293. The molecule has 2 rings (SSSR count). The second kappa shape index (κ2) is 6.00. The molecular weight excluding hydrogens is 298 g/mol. The molecule has 108 valence electrons. The molecule has 0 aliphatic carbocycles. The van der Waals surface area contributed by atoms with Gasteiger partial charge in [0.15, 0.2) is 0 Å². The number of halogens is 1. The summed E-state index contributed by atoms with van der Waals surface area (Å²) in [6.07, 6.45) is 1.49. The maximum Gasteiger partial charge on any atom is 0.209 e. The molecule has 1 heterocycles. The van der Waals surface area contributed by atoms with Crippen LogP contribution in [-0.2, 0) is 10.0 Å². The monoisotopic (exact) mass is 313 g/mol. The van der Waals surface area contributed by atoms with Gasteiger partial charge in [-0.1, -0.05) is 11.6 Å². The van der Waals surface area contributed by atoms with E-state index < -0.39 is 10.0 Å². The molecule has 1 aromatic carbocycles. The lowest BCUT2D eigenvalue weighted by atomic mass is 9.98. The maximum atomic E-state index is 11.1. The number of anilines is 1. The fourth-order valence-electron chi connectivity index (χ4n) is 2.53. The number of sulfonamides is 1. The Labute approximate surface area is 124 Å². The number of piperidine rings is 1. The highest BCUT2D eigenvalue weighted by Crippen LogP contribution is 2.29. The van der Waals surface area contributed by atoms with Crippen LogP contribution in [0.4, 0.5) is 5.69 Å². The van der Waals surface area contributed by atoms with Gasteiger partial charge in [0.05, 0.1) is 17.0 Å². The topological polar surface area (TPSA) is 87.2 Å². The zero-order chi connectivity index (χ0) is 14.8. The Morgan fingerprint density at radius 1 is 1.40 bits per heavy atom. The smallest absolute Gasteiger partial charge is 0.209 e. The van der Waals surface area contributed by atoms with E-state index in [0.29, 0.717) is 23.7 Å². The van der Waals surface area contributed by atoms with Gasteiger partial charge in [-0.2, -0.15) is 5.26 Å². The first-order chi connectivity index (χ1) is 9.39. The van der Waals surface area contributed by atoms with Gasteiger partial charge in [-0.05, 0) is 37.0 Å². The van der Waals surface area contributed by atoms with Gasteiger partial charge in [-0.15, -0.1) is 0 Å². The van der Waals surface area contributed by atoms with Crippen LogP contribution in [0.3, 0.4) is 0 Å². The summed E-state index contributed by atoms with van der Waals surface area (Å²) in [6, 6.07) is 7.33. The van der Waals surface area contributed by atoms with Gasteiger partial charge in [-0.25, -0.2) is 13.6 Å². The number of hydrogen-bond acceptors (Lipinski definition) is 4. The van der Waals surface area contributed by atoms with Crippen molar-refractivity contribution in [2.45, 2.75) is 12.8 Å². The molecular formula is C13H16ClN3O2S. The zero-order valence-corrected chi connectivity index (χ0v) is 12.5. The van der Waals surface area contributed by atoms with E-state index in [0.717, 1.165) is 18.5 Å². The molecule has 20 heavy (non-hydrogen) atoms. The summed E-state index contributed by atoms with van der Waals surface area (Å²) in [4.78, 5) is 2.07. The van der Waals surface area contributed by atoms with E-state index in [9.17, 15) is 8.42 Å². The van der Waals surface area contributed by atoms with Crippen LogP contribution in [0.15, 0.2) is 18.2 Å². The second-order valence-electron chi connectivity index (χ2n) is 5.03. The zero-order valence-electron chi connectivity index (χ0n) is 10.9. The third-order valence-corrected chi connectivity index (χ3v) is 4.67. The summed E-state index contributed by atoms with van der Waals surface area (Å²) in [7, 11) is -3.42. The van der Waals surface area contributed by atoms with Crippen molar-refractivity contribution < 1.29 is 8.42 Å². The Hall–Kier alpha value is -1.29.